The van der Waals surface area contributed by atoms with E-state index in [9.17, 15) is 9.59 Å². The van der Waals surface area contributed by atoms with Gasteiger partial charge in [-0.25, -0.2) is 4.79 Å². The monoisotopic (exact) mass is 321 g/mol. The first-order chi connectivity index (χ1) is 10.4. The van der Waals surface area contributed by atoms with Crippen LogP contribution in [0.4, 0.5) is 0 Å². The molecule has 1 aliphatic rings. The van der Waals surface area contributed by atoms with Crippen molar-refractivity contribution < 1.29 is 13.9 Å². The minimum atomic E-state index is -0.633. The van der Waals surface area contributed by atoms with Crippen molar-refractivity contribution in [1.82, 2.24) is 4.90 Å². The van der Waals surface area contributed by atoms with Gasteiger partial charge in [0.2, 0.25) is 0 Å². The average molecular weight is 322 g/mol. The van der Waals surface area contributed by atoms with Gasteiger partial charge in [0.25, 0.3) is 5.91 Å². The molecule has 2 heterocycles. The van der Waals surface area contributed by atoms with Crippen molar-refractivity contribution in [3.8, 4) is 0 Å². The Balaban J connectivity index is 2.00. The lowest BCUT2D eigenvalue weighted by molar-refractivity contribution is -0.0587. The summed E-state index contributed by atoms with van der Waals surface area (Å²) >= 11 is 5.95. The summed E-state index contributed by atoms with van der Waals surface area (Å²) < 4.78 is 10.8. The molecular formula is C16H16ClNO4. The number of rotatable bonds is 1. The maximum Gasteiger partial charge on any atom is 0.349 e. The standard InChI is InChI=1S/C16H16ClNO4/c1-9-7-18(8-10(2)21-9)15(19)13-6-11-5-12(17)3-4-14(11)22-16(13)20/h3-6,9-10H,7-8H2,1-2H3/t9-,10-/m0/s1. The average Bonchev–Trinajstić information content (AvgIpc) is 2.45. The number of halogens is 1. The highest BCUT2D eigenvalue weighted by Gasteiger charge is 2.28. The largest absolute Gasteiger partial charge is 0.422 e. The molecule has 0 radical (unpaired) electrons. The molecule has 5 nitrogen and oxygen atoms in total. The first kappa shape index (κ1) is 15.1. The molecule has 0 bridgehead atoms. The Morgan fingerprint density at radius 3 is 2.59 bits per heavy atom. The third kappa shape index (κ3) is 2.87. The van der Waals surface area contributed by atoms with Crippen LogP contribution in [0.3, 0.4) is 0 Å². The van der Waals surface area contributed by atoms with Crippen molar-refractivity contribution in [3.63, 3.8) is 0 Å². The summed E-state index contributed by atoms with van der Waals surface area (Å²) in [6, 6.07) is 6.47. The lowest BCUT2D eigenvalue weighted by Crippen LogP contribution is -2.49. The summed E-state index contributed by atoms with van der Waals surface area (Å²) in [5.74, 6) is -0.336. The summed E-state index contributed by atoms with van der Waals surface area (Å²) in [5.41, 5.74) is -0.197. The fraction of sp³-hybridized carbons (Fsp3) is 0.375. The normalized spacial score (nSPS) is 22.0. The van der Waals surface area contributed by atoms with Crippen LogP contribution in [0.5, 0.6) is 0 Å². The Bertz CT molecular complexity index is 775. The van der Waals surface area contributed by atoms with Crippen LogP contribution in [0.2, 0.25) is 5.02 Å². The van der Waals surface area contributed by atoms with Crippen molar-refractivity contribution >= 4 is 28.5 Å². The minimum Gasteiger partial charge on any atom is -0.422 e. The van der Waals surface area contributed by atoms with Gasteiger partial charge in [-0.3, -0.25) is 4.79 Å². The fourth-order valence-corrected chi connectivity index (χ4v) is 2.94. The van der Waals surface area contributed by atoms with E-state index in [0.717, 1.165) is 0 Å². The molecule has 0 saturated carbocycles. The lowest BCUT2D eigenvalue weighted by atomic mass is 10.1. The number of amides is 1. The maximum atomic E-state index is 12.6. The predicted octanol–water partition coefficient (Wildman–Crippen LogP) is 2.70. The van der Waals surface area contributed by atoms with Crippen molar-refractivity contribution in [1.29, 1.82) is 0 Å². The second-order valence-corrected chi connectivity index (χ2v) is 6.03. The van der Waals surface area contributed by atoms with Gasteiger partial charge in [0.05, 0.1) is 12.2 Å². The van der Waals surface area contributed by atoms with E-state index in [-0.39, 0.29) is 23.7 Å². The number of fused-ring (bicyclic) bond motifs is 1. The molecule has 0 N–H and O–H groups in total. The number of benzene rings is 1. The Morgan fingerprint density at radius 1 is 1.23 bits per heavy atom. The van der Waals surface area contributed by atoms with Crippen molar-refractivity contribution in [3.05, 3.63) is 45.3 Å². The quantitative estimate of drug-likeness (QED) is 0.758. The van der Waals surface area contributed by atoms with E-state index in [1.807, 2.05) is 13.8 Å². The minimum absolute atomic E-state index is 0.0241. The van der Waals surface area contributed by atoms with Crippen molar-refractivity contribution in [2.24, 2.45) is 0 Å². The van der Waals surface area contributed by atoms with Crippen LogP contribution in [-0.4, -0.2) is 36.1 Å². The van der Waals surface area contributed by atoms with Gasteiger partial charge < -0.3 is 14.1 Å². The van der Waals surface area contributed by atoms with Gasteiger partial charge in [-0.15, -0.1) is 0 Å². The van der Waals surface area contributed by atoms with Gasteiger partial charge in [-0.05, 0) is 38.1 Å². The number of carbonyl (C=O) groups excluding carboxylic acids is 1. The molecule has 2 atom stereocenters. The van der Waals surface area contributed by atoms with E-state index >= 15 is 0 Å². The molecule has 0 spiro atoms. The Labute approximate surface area is 132 Å². The molecule has 116 valence electrons. The smallest absolute Gasteiger partial charge is 0.349 e. The highest BCUT2D eigenvalue weighted by molar-refractivity contribution is 6.31. The highest BCUT2D eigenvalue weighted by atomic mass is 35.5. The Morgan fingerprint density at radius 2 is 1.91 bits per heavy atom. The van der Waals surface area contributed by atoms with E-state index in [0.29, 0.717) is 29.1 Å². The fourth-order valence-electron chi connectivity index (χ4n) is 2.76. The second kappa shape index (κ2) is 5.74. The first-order valence-electron chi connectivity index (χ1n) is 7.12. The lowest BCUT2D eigenvalue weighted by Gasteiger charge is -2.35. The summed E-state index contributed by atoms with van der Waals surface area (Å²) in [6.07, 6.45) is -0.121. The number of hydrogen-bond acceptors (Lipinski definition) is 4. The van der Waals surface area contributed by atoms with Gasteiger partial charge in [0.15, 0.2) is 0 Å². The van der Waals surface area contributed by atoms with Gasteiger partial charge in [0.1, 0.15) is 11.1 Å². The molecule has 2 aromatic rings. The second-order valence-electron chi connectivity index (χ2n) is 5.60. The zero-order valence-electron chi connectivity index (χ0n) is 12.3. The van der Waals surface area contributed by atoms with Crippen LogP contribution < -0.4 is 5.63 Å². The first-order valence-corrected chi connectivity index (χ1v) is 7.50. The van der Waals surface area contributed by atoms with Gasteiger partial charge in [-0.2, -0.15) is 0 Å². The number of ether oxygens (including phenoxy) is 1. The summed E-state index contributed by atoms with van der Waals surface area (Å²) in [5, 5.41) is 1.15. The van der Waals surface area contributed by atoms with E-state index in [1.54, 1.807) is 29.2 Å². The van der Waals surface area contributed by atoms with E-state index in [1.165, 1.54) is 0 Å². The molecule has 1 amide bonds. The topological polar surface area (TPSA) is 59.8 Å². The predicted molar refractivity (Wildman–Crippen MR) is 83.4 cm³/mol. The highest BCUT2D eigenvalue weighted by Crippen LogP contribution is 2.20. The van der Waals surface area contributed by atoms with Gasteiger partial charge >= 0.3 is 5.63 Å². The van der Waals surface area contributed by atoms with E-state index in [2.05, 4.69) is 0 Å². The molecule has 22 heavy (non-hydrogen) atoms. The SMILES string of the molecule is C[C@H]1CN(C(=O)c2cc3cc(Cl)ccc3oc2=O)C[C@H](C)O1. The van der Waals surface area contributed by atoms with Crippen molar-refractivity contribution in [2.75, 3.05) is 13.1 Å². The van der Waals surface area contributed by atoms with Crippen LogP contribution in [0.15, 0.2) is 33.5 Å². The van der Waals surface area contributed by atoms with Gasteiger partial charge in [0, 0.05) is 23.5 Å². The molecule has 6 heteroatoms. The van der Waals surface area contributed by atoms with Crippen LogP contribution in [-0.2, 0) is 4.74 Å². The van der Waals surface area contributed by atoms with E-state index < -0.39 is 5.63 Å². The van der Waals surface area contributed by atoms with Crippen molar-refractivity contribution in [2.45, 2.75) is 26.1 Å². The van der Waals surface area contributed by atoms with Gasteiger partial charge in [-0.1, -0.05) is 11.6 Å². The zero-order chi connectivity index (χ0) is 15.9. The maximum absolute atomic E-state index is 12.6. The number of morpholine rings is 1. The molecule has 1 aliphatic heterocycles. The Kier molecular flexibility index (Phi) is 3.93. The molecule has 0 aliphatic carbocycles. The van der Waals surface area contributed by atoms with Crippen LogP contribution >= 0.6 is 11.6 Å². The van der Waals surface area contributed by atoms with Crippen LogP contribution in [0.25, 0.3) is 11.0 Å². The molecule has 1 saturated heterocycles. The molecule has 1 aromatic heterocycles. The van der Waals surface area contributed by atoms with Crippen LogP contribution in [0.1, 0.15) is 24.2 Å². The van der Waals surface area contributed by atoms with E-state index in [4.69, 9.17) is 20.8 Å². The third-order valence-electron chi connectivity index (χ3n) is 3.63. The number of nitrogens with zero attached hydrogens (tertiary/aromatic N) is 1. The number of carbonyl (C=O) groups is 1. The molecule has 1 fully saturated rings. The molecule has 1 aromatic carbocycles. The van der Waals surface area contributed by atoms with Crippen LogP contribution in [0, 0.1) is 0 Å². The zero-order valence-corrected chi connectivity index (χ0v) is 13.1. The molecular weight excluding hydrogens is 306 g/mol. The Hall–Kier alpha value is -1.85. The summed E-state index contributed by atoms with van der Waals surface area (Å²) in [4.78, 5) is 26.3. The number of hydrogen-bond donors (Lipinski definition) is 0. The molecule has 3 rings (SSSR count). The third-order valence-corrected chi connectivity index (χ3v) is 3.87. The molecule has 0 unspecified atom stereocenters. The summed E-state index contributed by atoms with van der Waals surface area (Å²) in [6.45, 7) is 4.71. The summed E-state index contributed by atoms with van der Waals surface area (Å²) in [7, 11) is 0.